The average molecular weight is 415 g/mol. The smallest absolute Gasteiger partial charge is 0.208 e. The van der Waals surface area contributed by atoms with E-state index in [0.717, 1.165) is 51.4 Å². The van der Waals surface area contributed by atoms with Crippen molar-refractivity contribution in [1.82, 2.24) is 9.03 Å². The molecule has 0 bridgehead atoms. The molecule has 1 aromatic rings. The van der Waals surface area contributed by atoms with E-state index in [4.69, 9.17) is 0 Å². The summed E-state index contributed by atoms with van der Waals surface area (Å²) in [4.78, 5) is 0.282. The van der Waals surface area contributed by atoms with Crippen LogP contribution in [0.15, 0.2) is 34.1 Å². The molecule has 1 saturated heterocycles. The van der Waals surface area contributed by atoms with Gasteiger partial charge in [0, 0.05) is 19.1 Å². The van der Waals surface area contributed by atoms with Crippen molar-refractivity contribution in [2.45, 2.75) is 74.1 Å². The Morgan fingerprint density at radius 2 is 1.37 bits per heavy atom. The normalized spacial score (nSPS) is 25.8. The second-order valence-corrected chi connectivity index (χ2v) is 11.4. The molecule has 6 nitrogen and oxygen atoms in total. The van der Waals surface area contributed by atoms with Gasteiger partial charge in [-0.05, 0) is 55.9 Å². The van der Waals surface area contributed by atoms with Gasteiger partial charge in [-0.25, -0.2) is 21.6 Å². The molecule has 8 heteroatoms. The Morgan fingerprint density at radius 3 is 1.96 bits per heavy atom. The lowest BCUT2D eigenvalue weighted by Crippen LogP contribution is -2.41. The van der Waals surface area contributed by atoms with Gasteiger partial charge in [0.1, 0.15) is 0 Å². The summed E-state index contributed by atoms with van der Waals surface area (Å²) in [6.07, 6.45) is 7.89. The Balaban J connectivity index is 1.75. The van der Waals surface area contributed by atoms with Gasteiger partial charge >= 0.3 is 0 Å². The Labute approximate surface area is 163 Å². The Morgan fingerprint density at radius 1 is 0.815 bits per heavy atom. The van der Waals surface area contributed by atoms with Gasteiger partial charge in [0.05, 0.1) is 9.79 Å². The zero-order valence-corrected chi connectivity index (χ0v) is 17.6. The fourth-order valence-electron chi connectivity index (χ4n) is 3.98. The molecular formula is C19H30N2O4S2. The second-order valence-electron chi connectivity index (χ2n) is 7.78. The van der Waals surface area contributed by atoms with Crippen molar-refractivity contribution >= 4 is 20.0 Å². The molecule has 0 amide bonds. The Bertz CT molecular complexity index is 827. The van der Waals surface area contributed by atoms with Crippen LogP contribution in [0, 0.1) is 5.92 Å². The number of benzene rings is 1. The summed E-state index contributed by atoms with van der Waals surface area (Å²) in [6.45, 7) is 3.14. The van der Waals surface area contributed by atoms with Crippen LogP contribution < -0.4 is 4.72 Å². The molecule has 1 heterocycles. The highest BCUT2D eigenvalue weighted by molar-refractivity contribution is 7.89. The molecule has 3 rings (SSSR count). The van der Waals surface area contributed by atoms with Crippen molar-refractivity contribution < 1.29 is 16.8 Å². The molecule has 1 saturated carbocycles. The Hall–Kier alpha value is -0.960. The molecule has 0 spiro atoms. The zero-order valence-electron chi connectivity index (χ0n) is 15.9. The van der Waals surface area contributed by atoms with Crippen LogP contribution in [0.4, 0.5) is 0 Å². The van der Waals surface area contributed by atoms with E-state index in [1.165, 1.54) is 28.6 Å². The number of sulfonamides is 2. The van der Waals surface area contributed by atoms with Gasteiger partial charge in [-0.1, -0.05) is 32.6 Å². The lowest BCUT2D eigenvalue weighted by atomic mass is 9.87. The fourth-order valence-corrected chi connectivity index (χ4v) is 6.88. The number of nitrogens with zero attached hydrogens (tertiary/aromatic N) is 1. The molecule has 2 aliphatic rings. The summed E-state index contributed by atoms with van der Waals surface area (Å²) < 4.78 is 55.3. The summed E-state index contributed by atoms with van der Waals surface area (Å²) in [5, 5.41) is 0. The van der Waals surface area contributed by atoms with E-state index in [-0.39, 0.29) is 15.8 Å². The second kappa shape index (κ2) is 8.59. The van der Waals surface area contributed by atoms with Gasteiger partial charge < -0.3 is 0 Å². The summed E-state index contributed by atoms with van der Waals surface area (Å²) in [5.41, 5.74) is 0. The predicted molar refractivity (Wildman–Crippen MR) is 105 cm³/mol. The summed E-state index contributed by atoms with van der Waals surface area (Å²) in [7, 11) is -7.21. The quantitative estimate of drug-likeness (QED) is 0.802. The molecule has 0 aromatic heterocycles. The van der Waals surface area contributed by atoms with Crippen molar-refractivity contribution in [1.29, 1.82) is 0 Å². The molecule has 1 aromatic carbocycles. The van der Waals surface area contributed by atoms with E-state index in [1.54, 1.807) is 0 Å². The molecule has 27 heavy (non-hydrogen) atoms. The molecule has 1 N–H and O–H groups in total. The standard InChI is InChI=1S/C19H30N2O4S2/c1-16-8-4-5-9-19(16)20-26(22,23)17-10-12-18(13-11-17)27(24,25)21-14-6-2-3-7-15-21/h10-13,16,19-20H,2-9,14-15H2,1H3/t16-,19-/m1/s1. The third-order valence-electron chi connectivity index (χ3n) is 5.75. The number of hydrogen-bond acceptors (Lipinski definition) is 4. The van der Waals surface area contributed by atoms with Crippen molar-refractivity contribution in [3.8, 4) is 0 Å². The lowest BCUT2D eigenvalue weighted by Gasteiger charge is -2.29. The molecule has 1 aliphatic heterocycles. The zero-order chi connectivity index (χ0) is 19.5. The minimum absolute atomic E-state index is 0.0516. The summed E-state index contributed by atoms with van der Waals surface area (Å²) in [5.74, 6) is 0.316. The van der Waals surface area contributed by atoms with E-state index in [9.17, 15) is 16.8 Å². The molecule has 2 atom stereocenters. The highest BCUT2D eigenvalue weighted by Gasteiger charge is 2.28. The Kier molecular flexibility index (Phi) is 6.61. The van der Waals surface area contributed by atoms with Crippen LogP contribution in [0.5, 0.6) is 0 Å². The van der Waals surface area contributed by atoms with Gasteiger partial charge in [0.25, 0.3) is 0 Å². The maximum Gasteiger partial charge on any atom is 0.243 e. The highest BCUT2D eigenvalue weighted by atomic mass is 32.2. The van der Waals surface area contributed by atoms with Gasteiger partial charge in [-0.2, -0.15) is 4.31 Å². The highest BCUT2D eigenvalue weighted by Crippen LogP contribution is 2.26. The number of nitrogens with one attached hydrogen (secondary N) is 1. The average Bonchev–Trinajstić information content (AvgIpc) is 2.94. The maximum atomic E-state index is 12.8. The summed E-state index contributed by atoms with van der Waals surface area (Å²) in [6, 6.07) is 5.59. The first-order valence-electron chi connectivity index (χ1n) is 9.93. The molecule has 152 valence electrons. The first-order valence-corrected chi connectivity index (χ1v) is 12.9. The number of hydrogen-bond donors (Lipinski definition) is 1. The van der Waals surface area contributed by atoms with Gasteiger partial charge in [-0.3, -0.25) is 0 Å². The predicted octanol–water partition coefficient (Wildman–Crippen LogP) is 3.11. The van der Waals surface area contributed by atoms with Crippen LogP contribution in [-0.2, 0) is 20.0 Å². The van der Waals surface area contributed by atoms with E-state index < -0.39 is 20.0 Å². The van der Waals surface area contributed by atoms with Crippen LogP contribution in [0.1, 0.15) is 58.3 Å². The lowest BCUT2D eigenvalue weighted by molar-refractivity contribution is 0.310. The van der Waals surface area contributed by atoms with E-state index in [1.807, 2.05) is 0 Å². The minimum atomic E-state index is -3.64. The topological polar surface area (TPSA) is 83.5 Å². The monoisotopic (exact) mass is 414 g/mol. The van der Waals surface area contributed by atoms with Crippen LogP contribution >= 0.6 is 0 Å². The van der Waals surface area contributed by atoms with Crippen molar-refractivity contribution in [3.05, 3.63) is 24.3 Å². The van der Waals surface area contributed by atoms with Crippen LogP contribution in [0.25, 0.3) is 0 Å². The number of rotatable bonds is 5. The van der Waals surface area contributed by atoms with Crippen molar-refractivity contribution in [2.24, 2.45) is 5.92 Å². The van der Waals surface area contributed by atoms with Crippen LogP contribution in [-0.4, -0.2) is 40.3 Å². The van der Waals surface area contributed by atoms with Gasteiger partial charge in [-0.15, -0.1) is 0 Å². The van der Waals surface area contributed by atoms with Crippen molar-refractivity contribution in [3.63, 3.8) is 0 Å². The largest absolute Gasteiger partial charge is 0.243 e. The molecule has 2 fully saturated rings. The van der Waals surface area contributed by atoms with Gasteiger partial charge in [0.15, 0.2) is 0 Å². The first kappa shape index (κ1) is 20.8. The summed E-state index contributed by atoms with van der Waals surface area (Å²) >= 11 is 0. The molecule has 1 aliphatic carbocycles. The molecule has 0 radical (unpaired) electrons. The van der Waals surface area contributed by atoms with E-state index >= 15 is 0 Å². The third kappa shape index (κ3) is 4.91. The first-order chi connectivity index (χ1) is 12.8. The van der Waals surface area contributed by atoms with E-state index in [0.29, 0.717) is 19.0 Å². The minimum Gasteiger partial charge on any atom is -0.208 e. The van der Waals surface area contributed by atoms with Crippen LogP contribution in [0.2, 0.25) is 0 Å². The molecular weight excluding hydrogens is 384 g/mol. The third-order valence-corrected chi connectivity index (χ3v) is 9.17. The van der Waals surface area contributed by atoms with Crippen molar-refractivity contribution in [2.75, 3.05) is 13.1 Å². The maximum absolute atomic E-state index is 12.8. The fraction of sp³-hybridized carbons (Fsp3) is 0.684. The molecule has 0 unspecified atom stereocenters. The van der Waals surface area contributed by atoms with Gasteiger partial charge in [0.2, 0.25) is 20.0 Å². The SMILES string of the molecule is C[C@@H]1CCCC[C@H]1NS(=O)(=O)c1ccc(S(=O)(=O)N2CCCCCC2)cc1. The van der Waals surface area contributed by atoms with Crippen LogP contribution in [0.3, 0.4) is 0 Å². The van der Waals surface area contributed by atoms with E-state index in [2.05, 4.69) is 11.6 Å².